The summed E-state index contributed by atoms with van der Waals surface area (Å²) in [6, 6.07) is 11.4. The van der Waals surface area contributed by atoms with Crippen molar-refractivity contribution in [2.75, 3.05) is 26.3 Å². The van der Waals surface area contributed by atoms with Crippen LogP contribution in [0, 0.1) is 0 Å². The van der Waals surface area contributed by atoms with Crippen molar-refractivity contribution in [3.05, 3.63) is 54.1 Å². The van der Waals surface area contributed by atoms with Crippen molar-refractivity contribution in [3.8, 4) is 17.2 Å². The van der Waals surface area contributed by atoms with Gasteiger partial charge < -0.3 is 23.5 Å². The van der Waals surface area contributed by atoms with Crippen LogP contribution in [0.3, 0.4) is 0 Å². The van der Waals surface area contributed by atoms with Crippen LogP contribution in [0.2, 0.25) is 0 Å². The minimum absolute atomic E-state index is 0.0323. The lowest BCUT2D eigenvalue weighted by Crippen LogP contribution is -2.32. The van der Waals surface area contributed by atoms with Gasteiger partial charge in [-0.2, -0.15) is 4.98 Å². The predicted molar refractivity (Wildman–Crippen MR) is 113 cm³/mol. The summed E-state index contributed by atoms with van der Waals surface area (Å²) < 4.78 is 19.1. The second kappa shape index (κ2) is 8.55. The average Bonchev–Trinajstić information content (AvgIpc) is 3.55. The lowest BCUT2D eigenvalue weighted by Gasteiger charge is -2.18. The largest absolute Gasteiger partial charge is 0.488 e. The number of hydrogen-bond acceptors (Lipinski definition) is 6. The van der Waals surface area contributed by atoms with Crippen LogP contribution in [0.4, 0.5) is 0 Å². The zero-order valence-corrected chi connectivity index (χ0v) is 17.6. The van der Waals surface area contributed by atoms with Crippen molar-refractivity contribution in [3.63, 3.8) is 0 Å². The van der Waals surface area contributed by atoms with Gasteiger partial charge in [0.1, 0.15) is 17.5 Å². The average molecular weight is 422 g/mol. The third kappa shape index (κ3) is 4.07. The third-order valence-corrected chi connectivity index (χ3v) is 6.03. The highest BCUT2D eigenvalue weighted by molar-refractivity contribution is 5.93. The van der Waals surface area contributed by atoms with E-state index in [1.165, 1.54) is 0 Å². The summed E-state index contributed by atoms with van der Waals surface area (Å²) in [6.45, 7) is 2.68. The Hall–Kier alpha value is -3.13. The number of hydrogen-bond donors (Lipinski definition) is 0. The molecule has 162 valence electrons. The molecule has 2 aromatic heterocycles. The topological polar surface area (TPSA) is 82.6 Å². The Kier molecular flexibility index (Phi) is 5.46. The van der Waals surface area contributed by atoms with Gasteiger partial charge in [0, 0.05) is 45.3 Å². The number of carbonyl (C=O) groups is 1. The van der Waals surface area contributed by atoms with Gasteiger partial charge in [-0.15, -0.1) is 0 Å². The van der Waals surface area contributed by atoms with Crippen LogP contribution < -0.4 is 4.74 Å². The standard InChI is InChI=1S/C23H26N4O4/c1-26-11-4-6-19(26)23(28)27-12-8-17(15-27)30-20-7-3-2-5-18(20)22-24-21(25-31-22)16-9-13-29-14-10-16/h2-7,11,16-17H,8-10,12-15H2,1H3. The summed E-state index contributed by atoms with van der Waals surface area (Å²) in [5, 5.41) is 4.21. The van der Waals surface area contributed by atoms with E-state index in [2.05, 4.69) is 10.1 Å². The summed E-state index contributed by atoms with van der Waals surface area (Å²) in [6.07, 6.45) is 4.39. The third-order valence-electron chi connectivity index (χ3n) is 6.03. The molecule has 2 aliphatic rings. The minimum Gasteiger partial charge on any atom is -0.488 e. The van der Waals surface area contributed by atoms with Crippen LogP contribution >= 0.6 is 0 Å². The quantitative estimate of drug-likeness (QED) is 0.628. The number of nitrogens with zero attached hydrogens (tertiary/aromatic N) is 4. The van der Waals surface area contributed by atoms with E-state index in [1.807, 2.05) is 59.1 Å². The van der Waals surface area contributed by atoms with Gasteiger partial charge >= 0.3 is 0 Å². The summed E-state index contributed by atoms with van der Waals surface area (Å²) in [4.78, 5) is 19.3. The van der Waals surface area contributed by atoms with Crippen LogP contribution in [-0.4, -0.2) is 57.9 Å². The molecule has 0 aliphatic carbocycles. The first-order valence-electron chi connectivity index (χ1n) is 10.8. The van der Waals surface area contributed by atoms with E-state index in [0.717, 1.165) is 43.9 Å². The first-order chi connectivity index (χ1) is 15.2. The Bertz CT molecular complexity index is 1050. The molecule has 2 saturated heterocycles. The van der Waals surface area contributed by atoms with E-state index in [1.54, 1.807) is 0 Å². The van der Waals surface area contributed by atoms with Gasteiger partial charge in [-0.3, -0.25) is 4.79 Å². The van der Waals surface area contributed by atoms with Crippen molar-refractivity contribution >= 4 is 5.91 Å². The molecule has 1 atom stereocenters. The van der Waals surface area contributed by atoms with Crippen LogP contribution in [0.15, 0.2) is 47.1 Å². The maximum Gasteiger partial charge on any atom is 0.270 e. The molecule has 8 heteroatoms. The molecule has 4 heterocycles. The van der Waals surface area contributed by atoms with Gasteiger partial charge in [0.05, 0.1) is 12.1 Å². The number of rotatable bonds is 5. The molecule has 8 nitrogen and oxygen atoms in total. The molecule has 5 rings (SSSR count). The fourth-order valence-electron chi connectivity index (χ4n) is 4.25. The summed E-state index contributed by atoms with van der Waals surface area (Å²) in [5.74, 6) is 2.19. The van der Waals surface area contributed by atoms with Crippen molar-refractivity contribution < 1.29 is 18.8 Å². The summed E-state index contributed by atoms with van der Waals surface area (Å²) in [7, 11) is 1.88. The van der Waals surface area contributed by atoms with E-state index in [4.69, 9.17) is 14.0 Å². The number of ether oxygens (including phenoxy) is 2. The molecular weight excluding hydrogens is 396 g/mol. The number of amides is 1. The second-order valence-corrected chi connectivity index (χ2v) is 8.12. The van der Waals surface area contributed by atoms with Crippen molar-refractivity contribution in [2.24, 2.45) is 7.05 Å². The van der Waals surface area contributed by atoms with Gasteiger partial charge in [-0.1, -0.05) is 17.3 Å². The summed E-state index contributed by atoms with van der Waals surface area (Å²) >= 11 is 0. The highest BCUT2D eigenvalue weighted by Gasteiger charge is 2.30. The monoisotopic (exact) mass is 422 g/mol. The molecule has 31 heavy (non-hydrogen) atoms. The van der Waals surface area contributed by atoms with Gasteiger partial charge in [0.15, 0.2) is 5.82 Å². The molecule has 3 aromatic rings. The predicted octanol–water partition coefficient (Wildman–Crippen LogP) is 3.26. The number of aromatic nitrogens is 3. The Labute approximate surface area is 180 Å². The first-order valence-corrected chi connectivity index (χ1v) is 10.8. The molecule has 0 radical (unpaired) electrons. The number of para-hydroxylation sites is 1. The maximum atomic E-state index is 12.8. The molecule has 1 aromatic carbocycles. The van der Waals surface area contributed by atoms with Gasteiger partial charge in [-0.05, 0) is 37.1 Å². The molecule has 0 bridgehead atoms. The highest BCUT2D eigenvalue weighted by atomic mass is 16.5. The number of likely N-dealkylation sites (tertiary alicyclic amines) is 1. The van der Waals surface area contributed by atoms with Crippen LogP contribution in [0.5, 0.6) is 5.75 Å². The van der Waals surface area contributed by atoms with E-state index < -0.39 is 0 Å². The Morgan fingerprint density at radius 3 is 2.77 bits per heavy atom. The molecule has 2 aliphatic heterocycles. The number of aryl methyl sites for hydroxylation is 1. The Balaban J connectivity index is 1.29. The van der Waals surface area contributed by atoms with Crippen LogP contribution in [0.1, 0.15) is 41.5 Å². The van der Waals surface area contributed by atoms with Crippen LogP contribution in [0.25, 0.3) is 11.5 Å². The molecule has 2 fully saturated rings. The fourth-order valence-corrected chi connectivity index (χ4v) is 4.25. The zero-order valence-electron chi connectivity index (χ0n) is 17.6. The van der Waals surface area contributed by atoms with Gasteiger partial charge in [0.25, 0.3) is 11.8 Å². The molecule has 0 N–H and O–H groups in total. The highest BCUT2D eigenvalue weighted by Crippen LogP contribution is 2.33. The Morgan fingerprint density at radius 2 is 1.97 bits per heavy atom. The first kappa shape index (κ1) is 19.8. The molecular formula is C23H26N4O4. The summed E-state index contributed by atoms with van der Waals surface area (Å²) in [5.41, 5.74) is 1.47. The zero-order chi connectivity index (χ0) is 21.2. The van der Waals surface area contributed by atoms with E-state index in [0.29, 0.717) is 30.4 Å². The van der Waals surface area contributed by atoms with E-state index in [9.17, 15) is 4.79 Å². The second-order valence-electron chi connectivity index (χ2n) is 8.12. The molecule has 1 unspecified atom stereocenters. The fraction of sp³-hybridized carbons (Fsp3) is 0.435. The Morgan fingerprint density at radius 1 is 1.13 bits per heavy atom. The van der Waals surface area contributed by atoms with Crippen molar-refractivity contribution in [2.45, 2.75) is 31.3 Å². The SMILES string of the molecule is Cn1cccc1C(=O)N1CCC(Oc2ccccc2-c2nc(C3CCOCC3)no2)C1. The maximum absolute atomic E-state index is 12.8. The molecule has 0 saturated carbocycles. The molecule has 1 amide bonds. The van der Waals surface area contributed by atoms with E-state index in [-0.39, 0.29) is 17.9 Å². The van der Waals surface area contributed by atoms with E-state index >= 15 is 0 Å². The van der Waals surface area contributed by atoms with Crippen molar-refractivity contribution in [1.82, 2.24) is 19.6 Å². The van der Waals surface area contributed by atoms with Gasteiger partial charge in [-0.25, -0.2) is 0 Å². The lowest BCUT2D eigenvalue weighted by molar-refractivity contribution is 0.0763. The smallest absolute Gasteiger partial charge is 0.270 e. The van der Waals surface area contributed by atoms with Crippen LogP contribution in [-0.2, 0) is 11.8 Å². The van der Waals surface area contributed by atoms with Crippen molar-refractivity contribution in [1.29, 1.82) is 0 Å². The minimum atomic E-state index is -0.0803. The normalized spacial score (nSPS) is 19.6. The van der Waals surface area contributed by atoms with Gasteiger partial charge in [0.2, 0.25) is 0 Å². The number of carbonyl (C=O) groups excluding carboxylic acids is 1. The lowest BCUT2D eigenvalue weighted by atomic mass is 10.00. The molecule has 0 spiro atoms. The number of benzene rings is 1.